The van der Waals surface area contributed by atoms with Crippen LogP contribution in [-0.2, 0) is 17.9 Å². The Hall–Kier alpha value is -2.08. The van der Waals surface area contributed by atoms with Crippen LogP contribution in [0.1, 0.15) is 30.0 Å². The van der Waals surface area contributed by atoms with E-state index in [-0.39, 0.29) is 12.5 Å². The fourth-order valence-electron chi connectivity index (χ4n) is 2.58. The van der Waals surface area contributed by atoms with Crippen LogP contribution in [0.5, 0.6) is 0 Å². The van der Waals surface area contributed by atoms with Crippen molar-refractivity contribution in [2.45, 2.75) is 31.8 Å². The molecule has 21 heavy (non-hydrogen) atoms. The van der Waals surface area contributed by atoms with Gasteiger partial charge in [-0.1, -0.05) is 0 Å². The largest absolute Gasteiger partial charge is 0.472 e. The quantitative estimate of drug-likeness (QED) is 0.869. The maximum atomic E-state index is 11.9. The Balaban J connectivity index is 1.50. The van der Waals surface area contributed by atoms with E-state index in [0.717, 1.165) is 30.8 Å². The molecule has 0 aromatic carbocycles. The fraction of sp³-hybridized carbons (Fsp3) is 0.467. The molecule has 3 heterocycles. The summed E-state index contributed by atoms with van der Waals surface area (Å²) < 4.78 is 6.66. The lowest BCUT2D eigenvalue weighted by Crippen LogP contribution is -2.29. The first-order valence-corrected chi connectivity index (χ1v) is 7.33. The zero-order chi connectivity index (χ0) is 14.5. The molecule has 1 saturated heterocycles. The van der Waals surface area contributed by atoms with Gasteiger partial charge in [-0.15, -0.1) is 0 Å². The van der Waals surface area contributed by atoms with Gasteiger partial charge in [0.15, 0.2) is 0 Å². The van der Waals surface area contributed by atoms with Crippen molar-refractivity contribution in [3.8, 4) is 0 Å². The summed E-state index contributed by atoms with van der Waals surface area (Å²) in [7, 11) is 0. The maximum absolute atomic E-state index is 11.9. The summed E-state index contributed by atoms with van der Waals surface area (Å²) in [6.07, 6.45) is 7.45. The van der Waals surface area contributed by atoms with Gasteiger partial charge in [-0.3, -0.25) is 9.48 Å². The van der Waals surface area contributed by atoms with Crippen LogP contribution in [-0.4, -0.2) is 28.8 Å². The molecule has 2 aromatic rings. The van der Waals surface area contributed by atoms with Crippen LogP contribution < -0.4 is 10.6 Å². The van der Waals surface area contributed by atoms with Crippen molar-refractivity contribution in [1.82, 2.24) is 20.4 Å². The average Bonchev–Trinajstić information content (AvgIpc) is 3.17. The van der Waals surface area contributed by atoms with E-state index in [1.165, 1.54) is 6.42 Å². The molecular weight excluding hydrogens is 268 g/mol. The first kappa shape index (κ1) is 13.9. The second-order valence-corrected chi connectivity index (χ2v) is 5.39. The second-order valence-electron chi connectivity index (χ2n) is 5.39. The Kier molecular flexibility index (Phi) is 4.35. The lowest BCUT2D eigenvalue weighted by molar-refractivity contribution is -0.122. The molecule has 1 unspecified atom stereocenters. The van der Waals surface area contributed by atoms with E-state index >= 15 is 0 Å². The highest BCUT2D eigenvalue weighted by molar-refractivity contribution is 5.75. The Bertz CT molecular complexity index is 570. The summed E-state index contributed by atoms with van der Waals surface area (Å²) in [6, 6.07) is 3.85. The van der Waals surface area contributed by atoms with Gasteiger partial charge in [0.25, 0.3) is 0 Å². The molecule has 2 N–H and O–H groups in total. The minimum absolute atomic E-state index is 0.0485. The molecule has 0 bridgehead atoms. The zero-order valence-corrected chi connectivity index (χ0v) is 11.9. The molecular formula is C15H20N4O2. The van der Waals surface area contributed by atoms with Crippen LogP contribution in [0.4, 0.5) is 0 Å². The third-order valence-electron chi connectivity index (χ3n) is 3.75. The number of nitrogens with zero attached hydrogens (tertiary/aromatic N) is 2. The van der Waals surface area contributed by atoms with Crippen molar-refractivity contribution in [3.63, 3.8) is 0 Å². The lowest BCUT2D eigenvalue weighted by atomic mass is 9.97. The standard InChI is InChI=1S/C15H20N4O2/c20-15(17-8-12-4-7-21-11-12)10-19-6-3-14(18-19)13-2-1-5-16-9-13/h3-4,6-7,11,13,16H,1-2,5,8-10H2,(H,17,20). The molecule has 1 fully saturated rings. The van der Waals surface area contributed by atoms with Crippen LogP contribution in [0.2, 0.25) is 0 Å². The topological polar surface area (TPSA) is 72.1 Å². The van der Waals surface area contributed by atoms with Crippen LogP contribution in [0.25, 0.3) is 0 Å². The Morgan fingerprint density at radius 1 is 1.52 bits per heavy atom. The molecule has 0 spiro atoms. The van der Waals surface area contributed by atoms with Crippen molar-refractivity contribution in [2.24, 2.45) is 0 Å². The van der Waals surface area contributed by atoms with Crippen molar-refractivity contribution >= 4 is 5.91 Å². The van der Waals surface area contributed by atoms with E-state index in [4.69, 9.17) is 4.42 Å². The van der Waals surface area contributed by atoms with E-state index in [2.05, 4.69) is 15.7 Å². The number of aromatic nitrogens is 2. The van der Waals surface area contributed by atoms with Gasteiger partial charge in [0.05, 0.1) is 18.2 Å². The maximum Gasteiger partial charge on any atom is 0.241 e. The van der Waals surface area contributed by atoms with E-state index in [9.17, 15) is 4.79 Å². The molecule has 2 aromatic heterocycles. The number of carbonyl (C=O) groups is 1. The summed E-state index contributed by atoms with van der Waals surface area (Å²) in [5.74, 6) is 0.418. The lowest BCUT2D eigenvalue weighted by Gasteiger charge is -2.20. The van der Waals surface area contributed by atoms with Crippen molar-refractivity contribution in [3.05, 3.63) is 42.1 Å². The summed E-state index contributed by atoms with van der Waals surface area (Å²) in [6.45, 7) is 2.80. The Morgan fingerprint density at radius 2 is 2.48 bits per heavy atom. The minimum atomic E-state index is -0.0485. The van der Waals surface area contributed by atoms with Crippen molar-refractivity contribution < 1.29 is 9.21 Å². The van der Waals surface area contributed by atoms with E-state index < -0.39 is 0 Å². The van der Waals surface area contributed by atoms with Gasteiger partial charge >= 0.3 is 0 Å². The van der Waals surface area contributed by atoms with Crippen LogP contribution in [0, 0.1) is 0 Å². The smallest absolute Gasteiger partial charge is 0.241 e. The van der Waals surface area contributed by atoms with Gasteiger partial charge in [0.2, 0.25) is 5.91 Å². The number of nitrogens with one attached hydrogen (secondary N) is 2. The van der Waals surface area contributed by atoms with Crippen LogP contribution >= 0.6 is 0 Å². The highest BCUT2D eigenvalue weighted by Crippen LogP contribution is 2.21. The molecule has 0 aliphatic carbocycles. The number of rotatable bonds is 5. The van der Waals surface area contributed by atoms with Crippen LogP contribution in [0.3, 0.4) is 0 Å². The summed E-state index contributed by atoms with van der Waals surface area (Å²) in [5, 5.41) is 10.7. The van der Waals surface area contributed by atoms with E-state index in [1.54, 1.807) is 17.2 Å². The summed E-state index contributed by atoms with van der Waals surface area (Å²) in [5.41, 5.74) is 2.03. The molecule has 1 atom stereocenters. The molecule has 0 saturated carbocycles. The van der Waals surface area contributed by atoms with Gasteiger partial charge < -0.3 is 15.1 Å². The van der Waals surface area contributed by atoms with Gasteiger partial charge in [0, 0.05) is 30.8 Å². The highest BCUT2D eigenvalue weighted by Gasteiger charge is 2.17. The van der Waals surface area contributed by atoms with Crippen molar-refractivity contribution in [1.29, 1.82) is 0 Å². The molecule has 1 aliphatic rings. The number of hydrogen-bond donors (Lipinski definition) is 2. The predicted octanol–water partition coefficient (Wildman–Crippen LogP) is 1.26. The van der Waals surface area contributed by atoms with Gasteiger partial charge in [0.1, 0.15) is 6.54 Å². The SMILES string of the molecule is O=C(Cn1ccc(C2CCCNC2)n1)NCc1ccoc1. The summed E-state index contributed by atoms with van der Waals surface area (Å²) in [4.78, 5) is 11.9. The average molecular weight is 288 g/mol. The molecule has 1 aliphatic heterocycles. The second kappa shape index (κ2) is 6.58. The molecule has 6 heteroatoms. The first-order valence-electron chi connectivity index (χ1n) is 7.33. The molecule has 3 rings (SSSR count). The van der Waals surface area contributed by atoms with Gasteiger partial charge in [-0.05, 0) is 31.5 Å². The number of amides is 1. The monoisotopic (exact) mass is 288 g/mol. The zero-order valence-electron chi connectivity index (χ0n) is 11.9. The molecule has 112 valence electrons. The van der Waals surface area contributed by atoms with Gasteiger partial charge in [-0.2, -0.15) is 5.10 Å². The Morgan fingerprint density at radius 3 is 3.24 bits per heavy atom. The minimum Gasteiger partial charge on any atom is -0.472 e. The first-order chi connectivity index (χ1) is 10.3. The third kappa shape index (κ3) is 3.72. The third-order valence-corrected chi connectivity index (χ3v) is 3.75. The number of carbonyl (C=O) groups excluding carboxylic acids is 1. The van der Waals surface area contributed by atoms with Crippen molar-refractivity contribution in [2.75, 3.05) is 13.1 Å². The fourth-order valence-corrected chi connectivity index (χ4v) is 2.58. The molecule has 0 radical (unpaired) electrons. The summed E-state index contributed by atoms with van der Waals surface area (Å²) >= 11 is 0. The molecule has 6 nitrogen and oxygen atoms in total. The number of hydrogen-bond acceptors (Lipinski definition) is 4. The number of piperidine rings is 1. The van der Waals surface area contributed by atoms with Crippen LogP contribution in [0.15, 0.2) is 35.3 Å². The van der Waals surface area contributed by atoms with Gasteiger partial charge in [-0.25, -0.2) is 0 Å². The predicted molar refractivity (Wildman–Crippen MR) is 77.6 cm³/mol. The normalized spacial score (nSPS) is 18.6. The van der Waals surface area contributed by atoms with E-state index in [1.807, 2.05) is 18.3 Å². The highest BCUT2D eigenvalue weighted by atomic mass is 16.3. The Labute approximate surface area is 123 Å². The molecule has 1 amide bonds. The van der Waals surface area contributed by atoms with E-state index in [0.29, 0.717) is 12.5 Å². The number of furan rings is 1.